The lowest BCUT2D eigenvalue weighted by Gasteiger charge is -2.09. The van der Waals surface area contributed by atoms with Crippen molar-refractivity contribution in [2.75, 3.05) is 5.73 Å². The molecule has 0 amide bonds. The summed E-state index contributed by atoms with van der Waals surface area (Å²) in [4.78, 5) is 0. The van der Waals surface area contributed by atoms with Gasteiger partial charge in [-0.05, 0) is 36.2 Å². The summed E-state index contributed by atoms with van der Waals surface area (Å²) in [7, 11) is 0. The first-order chi connectivity index (χ1) is 8.19. The molecule has 0 aromatic heterocycles. The molecule has 88 valence electrons. The van der Waals surface area contributed by atoms with E-state index in [-0.39, 0.29) is 0 Å². The predicted octanol–water partition coefficient (Wildman–Crippen LogP) is 4.28. The molecule has 0 heterocycles. The minimum absolute atomic E-state index is 0.580. The lowest BCUT2D eigenvalue weighted by atomic mass is 10.2. The summed E-state index contributed by atoms with van der Waals surface area (Å²) in [6, 6.07) is 13.1. The third-order valence-corrected chi connectivity index (χ3v) is 2.75. The van der Waals surface area contributed by atoms with Gasteiger partial charge in [0.1, 0.15) is 5.75 Å². The van der Waals surface area contributed by atoms with Crippen molar-refractivity contribution in [3.63, 3.8) is 0 Å². The number of anilines is 1. The summed E-state index contributed by atoms with van der Waals surface area (Å²) in [5, 5.41) is 0.612. The van der Waals surface area contributed by atoms with Crippen molar-refractivity contribution < 1.29 is 4.74 Å². The molecule has 2 rings (SSSR count). The molecule has 0 radical (unpaired) electrons. The Morgan fingerprint density at radius 3 is 2.76 bits per heavy atom. The second-order valence-electron chi connectivity index (χ2n) is 3.79. The van der Waals surface area contributed by atoms with E-state index in [2.05, 4.69) is 13.0 Å². The van der Waals surface area contributed by atoms with Crippen molar-refractivity contribution in [2.45, 2.75) is 13.3 Å². The molecule has 0 bridgehead atoms. The summed E-state index contributed by atoms with van der Waals surface area (Å²) in [5.74, 6) is 1.36. The van der Waals surface area contributed by atoms with Crippen LogP contribution in [-0.2, 0) is 6.42 Å². The van der Waals surface area contributed by atoms with Crippen molar-refractivity contribution >= 4 is 17.3 Å². The standard InChI is InChI=1S/C14H14ClNO/c1-2-10-4-3-5-12(8-10)17-14-9-11(15)6-7-13(14)16/h3-9H,2,16H2,1H3. The second-order valence-corrected chi connectivity index (χ2v) is 4.22. The van der Waals surface area contributed by atoms with Crippen LogP contribution in [0, 0.1) is 0 Å². The highest BCUT2D eigenvalue weighted by molar-refractivity contribution is 6.30. The van der Waals surface area contributed by atoms with Crippen LogP contribution in [0.5, 0.6) is 11.5 Å². The van der Waals surface area contributed by atoms with Crippen molar-refractivity contribution in [2.24, 2.45) is 0 Å². The Morgan fingerprint density at radius 1 is 1.18 bits per heavy atom. The number of aryl methyl sites for hydroxylation is 1. The molecule has 0 aliphatic heterocycles. The third kappa shape index (κ3) is 2.92. The number of nitrogens with two attached hydrogens (primary N) is 1. The van der Waals surface area contributed by atoms with Crippen molar-refractivity contribution in [1.82, 2.24) is 0 Å². The van der Waals surface area contributed by atoms with Crippen LogP contribution >= 0.6 is 11.6 Å². The number of rotatable bonds is 3. The number of benzene rings is 2. The van der Waals surface area contributed by atoms with Gasteiger partial charge in [-0.25, -0.2) is 0 Å². The van der Waals surface area contributed by atoms with E-state index in [4.69, 9.17) is 22.1 Å². The molecule has 17 heavy (non-hydrogen) atoms. The van der Waals surface area contributed by atoms with Crippen LogP contribution in [0.4, 0.5) is 5.69 Å². The largest absolute Gasteiger partial charge is 0.455 e. The lowest BCUT2D eigenvalue weighted by molar-refractivity contribution is 0.484. The number of nitrogen functional groups attached to an aromatic ring is 1. The Labute approximate surface area is 106 Å². The fourth-order valence-electron chi connectivity index (χ4n) is 1.55. The van der Waals surface area contributed by atoms with Crippen molar-refractivity contribution in [1.29, 1.82) is 0 Å². The highest BCUT2D eigenvalue weighted by atomic mass is 35.5. The smallest absolute Gasteiger partial charge is 0.151 e. The molecule has 3 heteroatoms. The average Bonchev–Trinajstić information content (AvgIpc) is 2.34. The summed E-state index contributed by atoms with van der Waals surface area (Å²) in [6.07, 6.45) is 0.974. The van der Waals surface area contributed by atoms with E-state index in [1.54, 1.807) is 18.2 Å². The van der Waals surface area contributed by atoms with E-state index in [0.717, 1.165) is 12.2 Å². The van der Waals surface area contributed by atoms with Crippen LogP contribution < -0.4 is 10.5 Å². The summed E-state index contributed by atoms with van der Waals surface area (Å²) in [6.45, 7) is 2.10. The van der Waals surface area contributed by atoms with Crippen LogP contribution in [0.25, 0.3) is 0 Å². The SMILES string of the molecule is CCc1cccc(Oc2cc(Cl)ccc2N)c1. The Balaban J connectivity index is 2.27. The normalized spacial score (nSPS) is 10.2. The Bertz CT molecular complexity index is 525. The van der Waals surface area contributed by atoms with Gasteiger partial charge in [-0.2, -0.15) is 0 Å². The van der Waals surface area contributed by atoms with Gasteiger partial charge in [-0.1, -0.05) is 30.7 Å². The van der Waals surface area contributed by atoms with Crippen LogP contribution in [0.15, 0.2) is 42.5 Å². The van der Waals surface area contributed by atoms with Gasteiger partial charge in [0, 0.05) is 11.1 Å². The fraction of sp³-hybridized carbons (Fsp3) is 0.143. The second kappa shape index (κ2) is 5.11. The minimum Gasteiger partial charge on any atom is -0.455 e. The van der Waals surface area contributed by atoms with E-state index in [1.807, 2.05) is 18.2 Å². The van der Waals surface area contributed by atoms with E-state index in [9.17, 15) is 0 Å². The number of hydrogen-bond acceptors (Lipinski definition) is 2. The summed E-state index contributed by atoms with van der Waals surface area (Å²) in [5.41, 5.74) is 7.63. The van der Waals surface area contributed by atoms with Gasteiger partial charge in [-0.15, -0.1) is 0 Å². The van der Waals surface area contributed by atoms with Gasteiger partial charge in [0.25, 0.3) is 0 Å². The van der Waals surface area contributed by atoms with E-state index in [0.29, 0.717) is 16.5 Å². The molecule has 0 atom stereocenters. The maximum Gasteiger partial charge on any atom is 0.151 e. The van der Waals surface area contributed by atoms with Gasteiger partial charge >= 0.3 is 0 Å². The van der Waals surface area contributed by atoms with Gasteiger partial charge in [-0.3, -0.25) is 0 Å². The molecule has 0 unspecified atom stereocenters. The van der Waals surface area contributed by atoms with Crippen molar-refractivity contribution in [3.05, 3.63) is 53.1 Å². The molecular formula is C14H14ClNO. The zero-order valence-electron chi connectivity index (χ0n) is 9.61. The monoisotopic (exact) mass is 247 g/mol. The third-order valence-electron chi connectivity index (χ3n) is 2.51. The Kier molecular flexibility index (Phi) is 3.55. The van der Waals surface area contributed by atoms with Crippen molar-refractivity contribution in [3.8, 4) is 11.5 Å². The van der Waals surface area contributed by atoms with Crippen LogP contribution in [0.3, 0.4) is 0 Å². The molecule has 0 aliphatic rings. The zero-order valence-corrected chi connectivity index (χ0v) is 10.4. The van der Waals surface area contributed by atoms with Gasteiger partial charge in [0.15, 0.2) is 5.75 Å². The van der Waals surface area contributed by atoms with Crippen LogP contribution in [0.2, 0.25) is 5.02 Å². The molecule has 2 N–H and O–H groups in total. The number of ether oxygens (including phenoxy) is 1. The predicted molar refractivity (Wildman–Crippen MR) is 71.8 cm³/mol. The molecule has 0 fully saturated rings. The quantitative estimate of drug-likeness (QED) is 0.822. The zero-order chi connectivity index (χ0) is 12.3. The van der Waals surface area contributed by atoms with Crippen LogP contribution in [0.1, 0.15) is 12.5 Å². The Morgan fingerprint density at radius 2 is 2.00 bits per heavy atom. The highest BCUT2D eigenvalue weighted by Crippen LogP contribution is 2.30. The molecule has 0 spiro atoms. The highest BCUT2D eigenvalue weighted by Gasteiger charge is 2.03. The maximum absolute atomic E-state index is 5.91. The topological polar surface area (TPSA) is 35.2 Å². The molecule has 0 saturated heterocycles. The van der Waals surface area contributed by atoms with E-state index < -0.39 is 0 Å². The Hall–Kier alpha value is -1.67. The van der Waals surface area contributed by atoms with Gasteiger partial charge in [0.2, 0.25) is 0 Å². The molecule has 2 aromatic carbocycles. The van der Waals surface area contributed by atoms with Crippen LogP contribution in [-0.4, -0.2) is 0 Å². The molecule has 0 aliphatic carbocycles. The first kappa shape index (κ1) is 11.8. The summed E-state index contributed by atoms with van der Waals surface area (Å²) >= 11 is 5.91. The first-order valence-electron chi connectivity index (χ1n) is 5.51. The van der Waals surface area contributed by atoms with Gasteiger partial charge in [0.05, 0.1) is 5.69 Å². The number of halogens is 1. The number of hydrogen-bond donors (Lipinski definition) is 1. The molecule has 0 saturated carbocycles. The maximum atomic E-state index is 5.91. The van der Waals surface area contributed by atoms with Gasteiger partial charge < -0.3 is 10.5 Å². The first-order valence-corrected chi connectivity index (χ1v) is 5.88. The molecule has 2 aromatic rings. The van der Waals surface area contributed by atoms with E-state index >= 15 is 0 Å². The summed E-state index contributed by atoms with van der Waals surface area (Å²) < 4.78 is 5.72. The van der Waals surface area contributed by atoms with E-state index in [1.165, 1.54) is 5.56 Å². The fourth-order valence-corrected chi connectivity index (χ4v) is 1.71. The molecule has 2 nitrogen and oxygen atoms in total. The molecular weight excluding hydrogens is 234 g/mol. The average molecular weight is 248 g/mol. The minimum atomic E-state index is 0.580. The lowest BCUT2D eigenvalue weighted by Crippen LogP contribution is -1.92.